The van der Waals surface area contributed by atoms with Gasteiger partial charge in [-0.1, -0.05) is 71.4 Å². The summed E-state index contributed by atoms with van der Waals surface area (Å²) in [5.41, 5.74) is 5.09. The minimum atomic E-state index is 0.107. The molecule has 4 aliphatic rings. The molecule has 1 fully saturated rings. The zero-order valence-corrected chi connectivity index (χ0v) is 19.4. The van der Waals surface area contributed by atoms with Crippen molar-refractivity contribution in [2.75, 3.05) is 0 Å². The highest BCUT2D eigenvalue weighted by Gasteiger charge is 2.53. The smallest absolute Gasteiger partial charge is 0.156 e. The van der Waals surface area contributed by atoms with Gasteiger partial charge in [0.1, 0.15) is 0 Å². The van der Waals surface area contributed by atoms with E-state index in [4.69, 9.17) is 0 Å². The van der Waals surface area contributed by atoms with Gasteiger partial charge in [-0.2, -0.15) is 0 Å². The Morgan fingerprint density at radius 3 is 2.48 bits per heavy atom. The molecule has 1 heteroatoms. The molecule has 0 aromatic rings. The highest BCUT2D eigenvalue weighted by Crippen LogP contribution is 2.63. The molecular weight excluding hydrogens is 352 g/mol. The second-order valence-corrected chi connectivity index (χ2v) is 11.3. The molecular formula is C28H40O. The van der Waals surface area contributed by atoms with Crippen LogP contribution in [-0.4, -0.2) is 5.78 Å². The van der Waals surface area contributed by atoms with E-state index in [0.717, 1.165) is 12.3 Å². The van der Waals surface area contributed by atoms with E-state index in [1.54, 1.807) is 11.1 Å². The molecule has 4 rings (SSSR count). The van der Waals surface area contributed by atoms with Crippen LogP contribution in [-0.2, 0) is 4.79 Å². The van der Waals surface area contributed by atoms with E-state index in [-0.39, 0.29) is 5.41 Å². The number of allylic oxidation sites excluding steroid dienone is 8. The summed E-state index contributed by atoms with van der Waals surface area (Å²) in [4.78, 5) is 12.0. The minimum absolute atomic E-state index is 0.107. The summed E-state index contributed by atoms with van der Waals surface area (Å²) in [6.45, 7) is 14.4. The molecule has 0 heterocycles. The Morgan fingerprint density at radius 2 is 1.76 bits per heavy atom. The van der Waals surface area contributed by atoms with Crippen molar-refractivity contribution >= 4 is 5.78 Å². The van der Waals surface area contributed by atoms with E-state index >= 15 is 0 Å². The maximum atomic E-state index is 12.0. The van der Waals surface area contributed by atoms with E-state index < -0.39 is 0 Å². The van der Waals surface area contributed by atoms with Crippen molar-refractivity contribution in [3.05, 3.63) is 47.1 Å². The van der Waals surface area contributed by atoms with Crippen LogP contribution in [0.4, 0.5) is 0 Å². The summed E-state index contributed by atoms with van der Waals surface area (Å²) in [6, 6.07) is 0. The van der Waals surface area contributed by atoms with E-state index in [9.17, 15) is 4.79 Å². The first kappa shape index (κ1) is 20.9. The lowest BCUT2D eigenvalue weighted by molar-refractivity contribution is -0.115. The van der Waals surface area contributed by atoms with Crippen LogP contribution in [0.15, 0.2) is 47.1 Å². The monoisotopic (exact) mass is 392 g/mol. The van der Waals surface area contributed by atoms with Gasteiger partial charge in [-0.25, -0.2) is 0 Å². The highest BCUT2D eigenvalue weighted by molar-refractivity contribution is 5.92. The molecule has 1 nitrogen and oxygen atoms in total. The molecule has 1 saturated carbocycles. The number of carbonyl (C=O) groups excluding carboxylic acids is 1. The fourth-order valence-corrected chi connectivity index (χ4v) is 6.92. The van der Waals surface area contributed by atoms with Crippen molar-refractivity contribution in [2.45, 2.75) is 80.1 Å². The number of rotatable bonds is 4. The van der Waals surface area contributed by atoms with E-state index in [2.05, 4.69) is 65.8 Å². The lowest BCUT2D eigenvalue weighted by atomic mass is 9.54. The molecule has 158 valence electrons. The van der Waals surface area contributed by atoms with Crippen molar-refractivity contribution < 1.29 is 4.79 Å². The first-order valence-corrected chi connectivity index (χ1v) is 12.0. The fourth-order valence-electron chi connectivity index (χ4n) is 6.92. The Balaban J connectivity index is 1.61. The van der Waals surface area contributed by atoms with Gasteiger partial charge in [0.15, 0.2) is 5.78 Å². The normalized spacial score (nSPS) is 38.7. The molecule has 0 spiro atoms. The molecule has 0 bridgehead atoms. The van der Waals surface area contributed by atoms with Gasteiger partial charge < -0.3 is 0 Å². The average Bonchev–Trinajstić information content (AvgIpc) is 3.03. The lowest BCUT2D eigenvalue weighted by Crippen LogP contribution is -2.40. The van der Waals surface area contributed by atoms with Crippen LogP contribution in [0.3, 0.4) is 0 Å². The molecule has 0 aromatic carbocycles. The molecule has 6 atom stereocenters. The predicted octanol–water partition coefficient (Wildman–Crippen LogP) is 7.46. The van der Waals surface area contributed by atoms with Crippen LogP contribution in [0.5, 0.6) is 0 Å². The van der Waals surface area contributed by atoms with E-state index in [0.29, 0.717) is 41.3 Å². The second-order valence-electron chi connectivity index (χ2n) is 11.3. The Morgan fingerprint density at radius 1 is 1.00 bits per heavy atom. The topological polar surface area (TPSA) is 17.1 Å². The molecule has 0 unspecified atom stereocenters. The van der Waals surface area contributed by atoms with Gasteiger partial charge in [-0.05, 0) is 84.3 Å². The van der Waals surface area contributed by atoms with Gasteiger partial charge in [-0.3, -0.25) is 4.79 Å². The third-order valence-electron chi connectivity index (χ3n) is 9.39. The number of hydrogen-bond acceptors (Lipinski definition) is 1. The molecule has 0 aromatic heterocycles. The maximum Gasteiger partial charge on any atom is 0.156 e. The van der Waals surface area contributed by atoms with Gasteiger partial charge in [0.05, 0.1) is 0 Å². The van der Waals surface area contributed by atoms with Crippen LogP contribution >= 0.6 is 0 Å². The average molecular weight is 393 g/mol. The van der Waals surface area contributed by atoms with Gasteiger partial charge in [0, 0.05) is 11.8 Å². The standard InChI is InChI=1S/C28H40O/c1-18(2)19(3)7-8-20(4)24-11-12-25-23-10-9-21-17-22(29)13-15-27(21,5)26(23)14-16-28(24,25)6/h7-10,17-20,24-25H,11-16H2,1-6H3/t19-,20+,24+,25+,27-,28+/m0/s1. The molecule has 0 amide bonds. The van der Waals surface area contributed by atoms with E-state index in [1.807, 2.05) is 6.08 Å². The number of fused-ring (bicyclic) bond motifs is 4. The quantitative estimate of drug-likeness (QED) is 0.454. The molecule has 0 radical (unpaired) electrons. The van der Waals surface area contributed by atoms with Crippen molar-refractivity contribution in [1.82, 2.24) is 0 Å². The van der Waals surface area contributed by atoms with Gasteiger partial charge in [-0.15, -0.1) is 0 Å². The van der Waals surface area contributed by atoms with Crippen molar-refractivity contribution in [1.29, 1.82) is 0 Å². The number of hydrogen-bond donors (Lipinski definition) is 0. The van der Waals surface area contributed by atoms with Crippen LogP contribution in [0.1, 0.15) is 80.1 Å². The van der Waals surface area contributed by atoms with Crippen molar-refractivity contribution in [3.8, 4) is 0 Å². The predicted molar refractivity (Wildman–Crippen MR) is 122 cm³/mol. The highest BCUT2D eigenvalue weighted by atomic mass is 16.1. The summed E-state index contributed by atoms with van der Waals surface area (Å²) < 4.78 is 0. The Labute approximate surface area is 178 Å². The summed E-state index contributed by atoms with van der Waals surface area (Å²) in [5.74, 6) is 3.81. The molecule has 29 heavy (non-hydrogen) atoms. The molecule has 0 N–H and O–H groups in total. The third kappa shape index (κ3) is 3.33. The van der Waals surface area contributed by atoms with E-state index in [1.165, 1.54) is 31.3 Å². The zero-order chi connectivity index (χ0) is 21.0. The van der Waals surface area contributed by atoms with Crippen LogP contribution in [0.25, 0.3) is 0 Å². The number of carbonyl (C=O) groups is 1. The van der Waals surface area contributed by atoms with Crippen molar-refractivity contribution in [2.24, 2.45) is 40.4 Å². The summed E-state index contributed by atoms with van der Waals surface area (Å²) in [5, 5.41) is 0. The summed E-state index contributed by atoms with van der Waals surface area (Å²) in [6.07, 6.45) is 18.5. The molecule has 0 aliphatic heterocycles. The van der Waals surface area contributed by atoms with Crippen LogP contribution in [0, 0.1) is 40.4 Å². The first-order chi connectivity index (χ1) is 13.7. The summed E-state index contributed by atoms with van der Waals surface area (Å²) >= 11 is 0. The van der Waals surface area contributed by atoms with Gasteiger partial charge >= 0.3 is 0 Å². The van der Waals surface area contributed by atoms with Gasteiger partial charge in [0.2, 0.25) is 0 Å². The molecule has 4 aliphatic carbocycles. The van der Waals surface area contributed by atoms with Gasteiger partial charge in [0.25, 0.3) is 0 Å². The number of ketones is 1. The maximum absolute atomic E-state index is 12.0. The fraction of sp³-hybridized carbons (Fsp3) is 0.679. The van der Waals surface area contributed by atoms with Crippen LogP contribution in [0.2, 0.25) is 0 Å². The largest absolute Gasteiger partial charge is 0.295 e. The minimum Gasteiger partial charge on any atom is -0.295 e. The zero-order valence-electron chi connectivity index (χ0n) is 19.4. The van der Waals surface area contributed by atoms with Crippen LogP contribution < -0.4 is 0 Å². The van der Waals surface area contributed by atoms with Crippen molar-refractivity contribution in [3.63, 3.8) is 0 Å². The Hall–Kier alpha value is -1.37. The SMILES string of the molecule is CC(C)[C@@H](C)C=C[C@@H](C)[C@H]1CC[C@@H]2C3=C(CC[C@@]21C)[C@@]1(C)CCC(=O)C=C1C=C3. The third-order valence-corrected chi connectivity index (χ3v) is 9.39. The first-order valence-electron chi connectivity index (χ1n) is 12.0. The Bertz CT molecular complexity index is 806. The Kier molecular flexibility index (Phi) is 5.33. The summed E-state index contributed by atoms with van der Waals surface area (Å²) in [7, 11) is 0. The second kappa shape index (κ2) is 7.40. The molecule has 0 saturated heterocycles. The lowest BCUT2D eigenvalue weighted by Gasteiger charge is -2.50.